The summed E-state index contributed by atoms with van der Waals surface area (Å²) in [4.78, 5) is 33.1. The summed E-state index contributed by atoms with van der Waals surface area (Å²) < 4.78 is 5.06. The minimum absolute atomic E-state index is 0.160. The van der Waals surface area contributed by atoms with Gasteiger partial charge in [0.05, 0.1) is 27.6 Å². The van der Waals surface area contributed by atoms with Crippen molar-refractivity contribution >= 4 is 28.7 Å². The third kappa shape index (κ3) is 4.28. The third-order valence-corrected chi connectivity index (χ3v) is 3.12. The molecule has 0 radical (unpaired) electrons. The SMILES string of the molecule is CC(C)OC(=O)c1cc([N+](=O)[O-])cc([N+](=O)[O-])c1Nc1ccccc1. The molecule has 130 valence electrons. The maximum atomic E-state index is 12.3. The monoisotopic (exact) mass is 345 g/mol. The molecule has 0 aliphatic heterocycles. The second-order valence-corrected chi connectivity index (χ2v) is 5.35. The molecule has 0 saturated carbocycles. The van der Waals surface area contributed by atoms with Crippen LogP contribution in [0.15, 0.2) is 42.5 Å². The van der Waals surface area contributed by atoms with E-state index in [0.29, 0.717) is 5.69 Å². The molecule has 25 heavy (non-hydrogen) atoms. The lowest BCUT2D eigenvalue weighted by Gasteiger charge is -2.13. The van der Waals surface area contributed by atoms with Crippen molar-refractivity contribution in [1.29, 1.82) is 0 Å². The molecular weight excluding hydrogens is 330 g/mol. The van der Waals surface area contributed by atoms with Crippen LogP contribution in [0, 0.1) is 20.2 Å². The van der Waals surface area contributed by atoms with Crippen molar-refractivity contribution in [3.05, 3.63) is 68.3 Å². The fourth-order valence-electron chi connectivity index (χ4n) is 2.10. The van der Waals surface area contributed by atoms with Crippen LogP contribution in [-0.4, -0.2) is 21.9 Å². The fraction of sp³-hybridized carbons (Fsp3) is 0.188. The van der Waals surface area contributed by atoms with Gasteiger partial charge in [-0.25, -0.2) is 4.79 Å². The lowest BCUT2D eigenvalue weighted by molar-refractivity contribution is -0.393. The number of nitrogens with one attached hydrogen (secondary N) is 1. The van der Waals surface area contributed by atoms with E-state index < -0.39 is 33.3 Å². The van der Waals surface area contributed by atoms with Crippen molar-refractivity contribution in [3.8, 4) is 0 Å². The number of nitro benzene ring substituents is 2. The molecule has 0 fully saturated rings. The van der Waals surface area contributed by atoms with Crippen LogP contribution < -0.4 is 5.32 Å². The van der Waals surface area contributed by atoms with E-state index in [4.69, 9.17) is 4.74 Å². The van der Waals surface area contributed by atoms with Gasteiger partial charge in [0, 0.05) is 11.8 Å². The third-order valence-electron chi connectivity index (χ3n) is 3.12. The van der Waals surface area contributed by atoms with Crippen LogP contribution in [0.3, 0.4) is 0 Å². The van der Waals surface area contributed by atoms with Crippen molar-refractivity contribution in [2.75, 3.05) is 5.32 Å². The van der Waals surface area contributed by atoms with Gasteiger partial charge in [-0.3, -0.25) is 20.2 Å². The maximum absolute atomic E-state index is 12.3. The van der Waals surface area contributed by atoms with Crippen LogP contribution in [0.2, 0.25) is 0 Å². The lowest BCUT2D eigenvalue weighted by Crippen LogP contribution is -2.14. The van der Waals surface area contributed by atoms with E-state index in [9.17, 15) is 25.0 Å². The highest BCUT2D eigenvalue weighted by molar-refractivity contribution is 6.00. The second-order valence-electron chi connectivity index (χ2n) is 5.35. The van der Waals surface area contributed by atoms with Crippen LogP contribution in [0.1, 0.15) is 24.2 Å². The van der Waals surface area contributed by atoms with Crippen LogP contribution in [-0.2, 0) is 4.74 Å². The van der Waals surface area contributed by atoms with Gasteiger partial charge in [0.25, 0.3) is 11.4 Å². The summed E-state index contributed by atoms with van der Waals surface area (Å²) in [5.74, 6) is -0.889. The van der Waals surface area contributed by atoms with Crippen LogP contribution in [0.5, 0.6) is 0 Å². The first-order chi connectivity index (χ1) is 11.8. The number of anilines is 2. The molecule has 9 nitrogen and oxygen atoms in total. The Morgan fingerprint density at radius 3 is 2.24 bits per heavy atom. The second kappa shape index (κ2) is 7.39. The molecule has 0 spiro atoms. The first-order valence-electron chi connectivity index (χ1n) is 7.29. The highest BCUT2D eigenvalue weighted by Gasteiger charge is 2.28. The Kier molecular flexibility index (Phi) is 5.28. The molecule has 0 aliphatic carbocycles. The minimum atomic E-state index is -0.889. The van der Waals surface area contributed by atoms with Gasteiger partial charge in [-0.1, -0.05) is 18.2 Å². The zero-order valence-electron chi connectivity index (χ0n) is 13.5. The summed E-state index contributed by atoms with van der Waals surface area (Å²) in [6.45, 7) is 3.21. The predicted molar refractivity (Wildman–Crippen MR) is 90.0 cm³/mol. The topological polar surface area (TPSA) is 125 Å². The van der Waals surface area contributed by atoms with Gasteiger partial charge in [0.2, 0.25) is 0 Å². The summed E-state index contributed by atoms with van der Waals surface area (Å²) >= 11 is 0. The zero-order valence-corrected chi connectivity index (χ0v) is 13.5. The van der Waals surface area contributed by atoms with Gasteiger partial charge in [-0.05, 0) is 26.0 Å². The smallest absolute Gasteiger partial charge is 0.341 e. The Balaban J connectivity index is 2.65. The average Bonchev–Trinajstić information content (AvgIpc) is 2.54. The standard InChI is InChI=1S/C16H15N3O6/c1-10(2)25-16(20)13-8-12(18(21)22)9-14(19(23)24)15(13)17-11-6-4-3-5-7-11/h3-10,17H,1-2H3. The van der Waals surface area contributed by atoms with E-state index in [1.165, 1.54) is 0 Å². The number of benzene rings is 2. The number of ether oxygens (including phenoxy) is 1. The molecule has 2 aromatic rings. The normalized spacial score (nSPS) is 10.4. The van der Waals surface area contributed by atoms with Crippen molar-refractivity contribution in [3.63, 3.8) is 0 Å². The van der Waals surface area contributed by atoms with Gasteiger partial charge in [-0.2, -0.15) is 0 Å². The fourth-order valence-corrected chi connectivity index (χ4v) is 2.10. The number of hydrogen-bond donors (Lipinski definition) is 1. The van der Waals surface area contributed by atoms with Crippen molar-refractivity contribution in [1.82, 2.24) is 0 Å². The first kappa shape index (κ1) is 17.9. The van der Waals surface area contributed by atoms with Gasteiger partial charge >= 0.3 is 5.97 Å². The first-order valence-corrected chi connectivity index (χ1v) is 7.29. The Hall–Kier alpha value is -3.49. The number of non-ortho nitro benzene ring substituents is 1. The Bertz CT molecular complexity index is 820. The molecule has 0 heterocycles. The molecule has 9 heteroatoms. The Morgan fingerprint density at radius 1 is 1.08 bits per heavy atom. The number of carbonyl (C=O) groups is 1. The molecule has 0 unspecified atom stereocenters. The van der Waals surface area contributed by atoms with Crippen molar-refractivity contribution in [2.24, 2.45) is 0 Å². The highest BCUT2D eigenvalue weighted by Crippen LogP contribution is 2.36. The number of hydrogen-bond acceptors (Lipinski definition) is 7. The number of nitro groups is 2. The quantitative estimate of drug-likeness (QED) is 0.479. The van der Waals surface area contributed by atoms with Crippen LogP contribution in [0.4, 0.5) is 22.7 Å². The van der Waals surface area contributed by atoms with E-state index in [0.717, 1.165) is 12.1 Å². The van der Waals surface area contributed by atoms with Gasteiger partial charge in [0.15, 0.2) is 0 Å². The predicted octanol–water partition coefficient (Wildman–Crippen LogP) is 3.81. The summed E-state index contributed by atoms with van der Waals surface area (Å²) in [6, 6.07) is 10.2. The molecule has 0 saturated heterocycles. The zero-order chi connectivity index (χ0) is 18.6. The average molecular weight is 345 g/mol. The highest BCUT2D eigenvalue weighted by atomic mass is 16.6. The number of rotatable bonds is 6. The number of esters is 1. The molecule has 0 aromatic heterocycles. The largest absolute Gasteiger partial charge is 0.459 e. The molecule has 2 rings (SSSR count). The van der Waals surface area contributed by atoms with Gasteiger partial charge in [0.1, 0.15) is 5.69 Å². The number of para-hydroxylation sites is 1. The summed E-state index contributed by atoms with van der Waals surface area (Å²) in [6.07, 6.45) is -0.490. The van der Waals surface area contributed by atoms with Crippen LogP contribution >= 0.6 is 0 Å². The van der Waals surface area contributed by atoms with Gasteiger partial charge in [-0.15, -0.1) is 0 Å². The molecule has 0 atom stereocenters. The summed E-state index contributed by atoms with van der Waals surface area (Å²) in [5.41, 5.74) is -1.11. The number of nitrogens with zero attached hydrogens (tertiary/aromatic N) is 2. The summed E-state index contributed by atoms with van der Waals surface area (Å²) in [5, 5.41) is 25.2. The van der Waals surface area contributed by atoms with Crippen LogP contribution in [0.25, 0.3) is 0 Å². The Labute approximate surface area is 142 Å². The molecule has 0 bridgehead atoms. The van der Waals surface area contributed by atoms with E-state index >= 15 is 0 Å². The van der Waals surface area contributed by atoms with Crippen molar-refractivity contribution in [2.45, 2.75) is 20.0 Å². The minimum Gasteiger partial charge on any atom is -0.459 e. The lowest BCUT2D eigenvalue weighted by atomic mass is 10.1. The maximum Gasteiger partial charge on any atom is 0.341 e. The van der Waals surface area contributed by atoms with E-state index in [1.807, 2.05) is 0 Å². The van der Waals surface area contributed by atoms with E-state index in [-0.39, 0.29) is 11.3 Å². The Morgan fingerprint density at radius 2 is 1.72 bits per heavy atom. The van der Waals surface area contributed by atoms with E-state index in [1.54, 1.807) is 44.2 Å². The number of carbonyl (C=O) groups excluding carboxylic acids is 1. The molecule has 0 aliphatic rings. The van der Waals surface area contributed by atoms with Gasteiger partial charge < -0.3 is 10.1 Å². The molecule has 2 aromatic carbocycles. The van der Waals surface area contributed by atoms with Crippen molar-refractivity contribution < 1.29 is 19.4 Å². The molecule has 1 N–H and O–H groups in total. The molecular formula is C16H15N3O6. The summed E-state index contributed by atoms with van der Waals surface area (Å²) in [7, 11) is 0. The van der Waals surface area contributed by atoms with E-state index in [2.05, 4.69) is 5.32 Å². The molecule has 0 amide bonds.